The zero-order valence-corrected chi connectivity index (χ0v) is 13.3. The molecule has 1 aromatic heterocycles. The Balaban J connectivity index is 1.73. The number of amides is 2. The van der Waals surface area contributed by atoms with Crippen molar-refractivity contribution in [3.8, 4) is 0 Å². The van der Waals surface area contributed by atoms with Crippen LogP contribution in [0, 0.1) is 13.8 Å². The van der Waals surface area contributed by atoms with E-state index in [0.29, 0.717) is 0 Å². The largest absolute Gasteiger partial charge is 0.331 e. The van der Waals surface area contributed by atoms with E-state index in [1.165, 1.54) is 11.1 Å². The van der Waals surface area contributed by atoms with Crippen LogP contribution < -0.4 is 10.6 Å². The van der Waals surface area contributed by atoms with Crippen LogP contribution in [0.1, 0.15) is 41.4 Å². The average molecular weight is 298 g/mol. The molecule has 2 N–H and O–H groups in total. The fourth-order valence-corrected chi connectivity index (χ4v) is 3.17. The predicted molar refractivity (Wildman–Crippen MR) is 87.0 cm³/mol. The Kier molecular flexibility index (Phi) is 3.88. The van der Waals surface area contributed by atoms with Crippen molar-refractivity contribution in [3.63, 3.8) is 0 Å². The molecule has 0 bridgehead atoms. The molecule has 1 atom stereocenters. The highest BCUT2D eigenvalue weighted by Gasteiger charge is 2.22. The van der Waals surface area contributed by atoms with Crippen LogP contribution in [0.5, 0.6) is 0 Å². The van der Waals surface area contributed by atoms with E-state index in [1.54, 1.807) is 4.68 Å². The van der Waals surface area contributed by atoms with Gasteiger partial charge in [0.05, 0.1) is 23.1 Å². The maximum atomic E-state index is 12.3. The number of hydrogen-bond acceptors (Lipinski definition) is 2. The minimum Gasteiger partial charge on any atom is -0.331 e. The Bertz CT molecular complexity index is 705. The molecule has 2 aromatic rings. The molecule has 0 unspecified atom stereocenters. The van der Waals surface area contributed by atoms with Crippen LogP contribution in [-0.4, -0.2) is 15.8 Å². The molecule has 1 aliphatic rings. The molecular formula is C17H22N4O. The highest BCUT2D eigenvalue weighted by molar-refractivity contribution is 5.90. The summed E-state index contributed by atoms with van der Waals surface area (Å²) in [6.07, 6.45) is 3.18. The first-order chi connectivity index (χ1) is 10.6. The summed E-state index contributed by atoms with van der Waals surface area (Å²) in [6, 6.07) is 8.27. The highest BCUT2D eigenvalue weighted by atomic mass is 16.2. The van der Waals surface area contributed by atoms with E-state index in [9.17, 15) is 4.79 Å². The van der Waals surface area contributed by atoms with Crippen LogP contribution in [0.3, 0.4) is 0 Å². The summed E-state index contributed by atoms with van der Waals surface area (Å²) in [5, 5.41) is 10.4. The Morgan fingerprint density at radius 2 is 2.09 bits per heavy atom. The number of nitrogens with one attached hydrogen (secondary N) is 2. The fourth-order valence-electron chi connectivity index (χ4n) is 3.17. The van der Waals surface area contributed by atoms with Gasteiger partial charge in [-0.1, -0.05) is 24.3 Å². The second-order valence-electron chi connectivity index (χ2n) is 5.91. The smallest absolute Gasteiger partial charge is 0.319 e. The zero-order valence-electron chi connectivity index (χ0n) is 13.3. The molecule has 0 saturated carbocycles. The summed E-state index contributed by atoms with van der Waals surface area (Å²) in [5.74, 6) is 0. The summed E-state index contributed by atoms with van der Waals surface area (Å²) in [6.45, 7) is 3.85. The maximum Gasteiger partial charge on any atom is 0.319 e. The highest BCUT2D eigenvalue weighted by Crippen LogP contribution is 2.29. The Morgan fingerprint density at radius 3 is 2.82 bits per heavy atom. The van der Waals surface area contributed by atoms with Crippen molar-refractivity contribution in [2.45, 2.75) is 39.2 Å². The number of benzene rings is 1. The van der Waals surface area contributed by atoms with Crippen LogP contribution in [-0.2, 0) is 13.5 Å². The number of nitrogens with zero attached hydrogens (tertiary/aromatic N) is 2. The number of carbonyl (C=O) groups is 1. The molecule has 1 heterocycles. The molecule has 0 radical (unpaired) electrons. The minimum atomic E-state index is -0.166. The van der Waals surface area contributed by atoms with E-state index in [2.05, 4.69) is 33.9 Å². The number of anilines is 1. The molecule has 0 fully saturated rings. The number of fused-ring (bicyclic) bond motifs is 1. The topological polar surface area (TPSA) is 59.0 Å². The van der Waals surface area contributed by atoms with Gasteiger partial charge in [-0.3, -0.25) is 4.68 Å². The first-order valence-corrected chi connectivity index (χ1v) is 7.72. The lowest BCUT2D eigenvalue weighted by Crippen LogP contribution is -2.34. The third-order valence-electron chi connectivity index (χ3n) is 4.42. The van der Waals surface area contributed by atoms with Crippen molar-refractivity contribution >= 4 is 11.7 Å². The maximum absolute atomic E-state index is 12.3. The van der Waals surface area contributed by atoms with Crippen LogP contribution in [0.2, 0.25) is 0 Å². The lowest BCUT2D eigenvalue weighted by molar-refractivity contribution is 0.247. The lowest BCUT2D eigenvalue weighted by atomic mass is 9.88. The van der Waals surface area contributed by atoms with Crippen LogP contribution >= 0.6 is 0 Å². The SMILES string of the molecule is Cc1nn(C)c(C)c1NC(=O)N[C@H]1CCCc2ccccc21. The molecule has 0 saturated heterocycles. The molecule has 22 heavy (non-hydrogen) atoms. The van der Waals surface area contributed by atoms with Gasteiger partial charge in [-0.05, 0) is 44.2 Å². The molecule has 1 aromatic carbocycles. The summed E-state index contributed by atoms with van der Waals surface area (Å²) in [7, 11) is 1.88. The van der Waals surface area contributed by atoms with Crippen molar-refractivity contribution in [1.29, 1.82) is 0 Å². The number of aryl methyl sites for hydroxylation is 3. The standard InChI is InChI=1S/C17H22N4O/c1-11-16(12(2)21(3)20-11)19-17(22)18-15-10-6-8-13-7-4-5-9-14(13)15/h4-5,7,9,15H,6,8,10H2,1-3H3,(H2,18,19,22)/t15-/m0/s1. The summed E-state index contributed by atoms with van der Waals surface area (Å²) < 4.78 is 1.78. The molecule has 5 heteroatoms. The molecule has 116 valence electrons. The minimum absolute atomic E-state index is 0.0854. The third-order valence-corrected chi connectivity index (χ3v) is 4.42. The van der Waals surface area contributed by atoms with Gasteiger partial charge in [0.1, 0.15) is 0 Å². The predicted octanol–water partition coefficient (Wildman–Crippen LogP) is 3.24. The number of urea groups is 1. The van der Waals surface area contributed by atoms with E-state index < -0.39 is 0 Å². The molecule has 5 nitrogen and oxygen atoms in total. The van der Waals surface area contributed by atoms with Gasteiger partial charge >= 0.3 is 6.03 Å². The Labute approximate surface area is 130 Å². The molecule has 0 spiro atoms. The van der Waals surface area contributed by atoms with E-state index in [-0.39, 0.29) is 12.1 Å². The van der Waals surface area contributed by atoms with Gasteiger partial charge in [-0.15, -0.1) is 0 Å². The lowest BCUT2D eigenvalue weighted by Gasteiger charge is -2.26. The van der Waals surface area contributed by atoms with Gasteiger partial charge in [0.2, 0.25) is 0 Å². The first kappa shape index (κ1) is 14.6. The van der Waals surface area contributed by atoms with E-state index >= 15 is 0 Å². The summed E-state index contributed by atoms with van der Waals surface area (Å²) in [4.78, 5) is 12.3. The van der Waals surface area contributed by atoms with Crippen LogP contribution in [0.4, 0.5) is 10.5 Å². The Morgan fingerprint density at radius 1 is 1.32 bits per heavy atom. The van der Waals surface area contributed by atoms with Crippen molar-refractivity contribution in [2.24, 2.45) is 7.05 Å². The van der Waals surface area contributed by atoms with Gasteiger partial charge < -0.3 is 10.6 Å². The zero-order chi connectivity index (χ0) is 15.7. The van der Waals surface area contributed by atoms with Gasteiger partial charge in [0, 0.05) is 7.05 Å². The molecular weight excluding hydrogens is 276 g/mol. The van der Waals surface area contributed by atoms with Gasteiger partial charge in [-0.25, -0.2) is 4.79 Å². The number of aromatic nitrogens is 2. The number of rotatable bonds is 2. The van der Waals surface area contributed by atoms with E-state index in [1.807, 2.05) is 27.0 Å². The van der Waals surface area contributed by atoms with Crippen molar-refractivity contribution in [2.75, 3.05) is 5.32 Å². The van der Waals surface area contributed by atoms with Crippen molar-refractivity contribution in [1.82, 2.24) is 15.1 Å². The quantitative estimate of drug-likeness (QED) is 0.894. The van der Waals surface area contributed by atoms with Crippen molar-refractivity contribution < 1.29 is 4.79 Å². The third kappa shape index (κ3) is 2.71. The van der Waals surface area contributed by atoms with E-state index in [0.717, 1.165) is 36.3 Å². The average Bonchev–Trinajstić information content (AvgIpc) is 2.74. The normalized spacial score (nSPS) is 17.0. The Hall–Kier alpha value is -2.30. The van der Waals surface area contributed by atoms with Gasteiger partial charge in [0.25, 0.3) is 0 Å². The second kappa shape index (κ2) is 5.83. The summed E-state index contributed by atoms with van der Waals surface area (Å²) >= 11 is 0. The van der Waals surface area contributed by atoms with Crippen molar-refractivity contribution in [3.05, 3.63) is 46.8 Å². The van der Waals surface area contributed by atoms with Gasteiger partial charge in [0.15, 0.2) is 0 Å². The monoisotopic (exact) mass is 298 g/mol. The first-order valence-electron chi connectivity index (χ1n) is 7.72. The molecule has 0 aliphatic heterocycles. The number of carbonyl (C=O) groups excluding carboxylic acids is 1. The molecule has 2 amide bonds. The second-order valence-corrected chi connectivity index (χ2v) is 5.91. The molecule has 3 rings (SSSR count). The van der Waals surface area contributed by atoms with Gasteiger partial charge in [-0.2, -0.15) is 5.10 Å². The summed E-state index contributed by atoms with van der Waals surface area (Å²) in [5.41, 5.74) is 5.16. The fraction of sp³-hybridized carbons (Fsp3) is 0.412. The van der Waals surface area contributed by atoms with E-state index in [4.69, 9.17) is 0 Å². The van der Waals surface area contributed by atoms with Crippen LogP contribution in [0.25, 0.3) is 0 Å². The molecule has 1 aliphatic carbocycles. The number of hydrogen-bond donors (Lipinski definition) is 2. The van der Waals surface area contributed by atoms with Crippen LogP contribution in [0.15, 0.2) is 24.3 Å².